The molecule has 1 N–H and O–H groups in total. The lowest BCUT2D eigenvalue weighted by Crippen LogP contribution is -2.09. The predicted octanol–water partition coefficient (Wildman–Crippen LogP) is 3.35. The summed E-state index contributed by atoms with van der Waals surface area (Å²) >= 11 is 0. The van der Waals surface area contributed by atoms with Gasteiger partial charge in [0.1, 0.15) is 5.75 Å². The molecule has 2 rings (SSSR count). The molecule has 0 unspecified atom stereocenters. The molecule has 0 aromatic heterocycles. The molecule has 0 radical (unpaired) electrons. The van der Waals surface area contributed by atoms with E-state index in [1.807, 2.05) is 19.2 Å². The quantitative estimate of drug-likeness (QED) is 0.891. The summed E-state index contributed by atoms with van der Waals surface area (Å²) in [6.45, 7) is 0.743. The Morgan fingerprint density at radius 3 is 2.00 bits per heavy atom. The second-order valence-electron chi connectivity index (χ2n) is 4.48. The molecule has 19 heavy (non-hydrogen) atoms. The van der Waals surface area contributed by atoms with Gasteiger partial charge in [-0.15, -0.1) is 0 Å². The third kappa shape index (κ3) is 3.48. The first-order valence-electron chi connectivity index (χ1n) is 6.31. The number of hydrogen-bond acceptors (Lipinski definition) is 3. The summed E-state index contributed by atoms with van der Waals surface area (Å²) in [6, 6.07) is 15.6. The van der Waals surface area contributed by atoms with Crippen molar-refractivity contribution in [2.75, 3.05) is 25.7 Å². The molecule has 2 aromatic carbocycles. The van der Waals surface area contributed by atoms with E-state index in [9.17, 15) is 5.11 Å². The van der Waals surface area contributed by atoms with E-state index in [-0.39, 0.29) is 5.75 Å². The van der Waals surface area contributed by atoms with E-state index in [2.05, 4.69) is 29.2 Å². The maximum Gasteiger partial charge on any atom is 0.115 e. The van der Waals surface area contributed by atoms with Crippen molar-refractivity contribution >= 4 is 11.4 Å². The lowest BCUT2D eigenvalue weighted by molar-refractivity contribution is 0.202. The molecule has 0 aliphatic carbocycles. The number of ether oxygens (including phenoxy) is 1. The molecule has 0 atom stereocenters. The smallest absolute Gasteiger partial charge is 0.115 e. The van der Waals surface area contributed by atoms with Crippen molar-refractivity contribution in [3.8, 4) is 5.75 Å². The largest absolute Gasteiger partial charge is 0.508 e. The van der Waals surface area contributed by atoms with Gasteiger partial charge in [0, 0.05) is 25.5 Å². The number of phenolic OH excluding ortho intramolecular Hbond substituents is 1. The van der Waals surface area contributed by atoms with Gasteiger partial charge in [0.05, 0.1) is 6.61 Å². The average Bonchev–Trinajstić information content (AvgIpc) is 2.46. The van der Waals surface area contributed by atoms with Crippen LogP contribution in [0.4, 0.5) is 11.4 Å². The number of benzene rings is 2. The normalized spacial score (nSPS) is 10.4. The third-order valence-electron chi connectivity index (χ3n) is 3.16. The molecule has 3 nitrogen and oxygen atoms in total. The van der Waals surface area contributed by atoms with Crippen molar-refractivity contribution in [1.29, 1.82) is 0 Å². The van der Waals surface area contributed by atoms with Crippen LogP contribution in [0.25, 0.3) is 0 Å². The maximum absolute atomic E-state index is 9.30. The van der Waals surface area contributed by atoms with Crippen LogP contribution in [0.1, 0.15) is 5.56 Å². The first-order chi connectivity index (χ1) is 9.20. The van der Waals surface area contributed by atoms with Crippen molar-refractivity contribution in [2.45, 2.75) is 6.42 Å². The highest BCUT2D eigenvalue weighted by atomic mass is 16.5. The summed E-state index contributed by atoms with van der Waals surface area (Å²) in [5, 5.41) is 9.30. The molecule has 0 fully saturated rings. The molecule has 0 saturated carbocycles. The molecule has 0 aliphatic rings. The second-order valence-corrected chi connectivity index (χ2v) is 4.48. The molecule has 100 valence electrons. The van der Waals surface area contributed by atoms with Crippen molar-refractivity contribution in [2.24, 2.45) is 0 Å². The Kier molecular flexibility index (Phi) is 4.42. The van der Waals surface area contributed by atoms with Crippen molar-refractivity contribution in [1.82, 2.24) is 0 Å². The Hall–Kier alpha value is -2.00. The zero-order chi connectivity index (χ0) is 13.7. The molecule has 0 amide bonds. The monoisotopic (exact) mass is 257 g/mol. The summed E-state index contributed by atoms with van der Waals surface area (Å²) in [7, 11) is 3.73. The summed E-state index contributed by atoms with van der Waals surface area (Å²) in [5.74, 6) is 0.284. The molecule has 0 spiro atoms. The molecular formula is C16H19NO2. The van der Waals surface area contributed by atoms with Crippen LogP contribution in [0.3, 0.4) is 0 Å². The highest BCUT2D eigenvalue weighted by molar-refractivity contribution is 5.63. The average molecular weight is 257 g/mol. The van der Waals surface area contributed by atoms with Gasteiger partial charge in [0.15, 0.2) is 0 Å². The zero-order valence-electron chi connectivity index (χ0n) is 11.3. The van der Waals surface area contributed by atoms with Gasteiger partial charge in [0.2, 0.25) is 0 Å². The number of hydrogen-bond donors (Lipinski definition) is 1. The van der Waals surface area contributed by atoms with Gasteiger partial charge < -0.3 is 14.7 Å². The van der Waals surface area contributed by atoms with E-state index in [0.717, 1.165) is 24.4 Å². The number of rotatable bonds is 5. The van der Waals surface area contributed by atoms with Crippen LogP contribution in [0, 0.1) is 0 Å². The number of methoxy groups -OCH3 is 1. The van der Waals surface area contributed by atoms with E-state index in [0.29, 0.717) is 0 Å². The Labute approximate surface area is 114 Å². The summed E-state index contributed by atoms with van der Waals surface area (Å²) in [6.07, 6.45) is 0.930. The number of aromatic hydroxyl groups is 1. The molecule has 2 aromatic rings. The SMILES string of the molecule is COCCc1ccc(N(C)c2ccc(O)cc2)cc1. The predicted molar refractivity (Wildman–Crippen MR) is 78.2 cm³/mol. The lowest BCUT2D eigenvalue weighted by atomic mass is 10.1. The third-order valence-corrected chi connectivity index (χ3v) is 3.16. The number of phenols is 1. The number of anilines is 2. The van der Waals surface area contributed by atoms with E-state index < -0.39 is 0 Å². The minimum absolute atomic E-state index is 0.284. The van der Waals surface area contributed by atoms with Crippen LogP contribution in [0.15, 0.2) is 48.5 Å². The summed E-state index contributed by atoms with van der Waals surface area (Å²) in [4.78, 5) is 2.08. The Balaban J connectivity index is 2.10. The van der Waals surface area contributed by atoms with Crippen LogP contribution >= 0.6 is 0 Å². The van der Waals surface area contributed by atoms with Crippen molar-refractivity contribution in [3.63, 3.8) is 0 Å². The van der Waals surface area contributed by atoms with Gasteiger partial charge in [-0.3, -0.25) is 0 Å². The molecule has 0 saturated heterocycles. The van der Waals surface area contributed by atoms with Crippen molar-refractivity contribution in [3.05, 3.63) is 54.1 Å². The fourth-order valence-corrected chi connectivity index (χ4v) is 1.93. The Morgan fingerprint density at radius 1 is 0.947 bits per heavy atom. The fourth-order valence-electron chi connectivity index (χ4n) is 1.93. The van der Waals surface area contributed by atoms with E-state index in [1.54, 1.807) is 19.2 Å². The van der Waals surface area contributed by atoms with E-state index in [1.165, 1.54) is 5.56 Å². The molecule has 3 heteroatoms. The highest BCUT2D eigenvalue weighted by Crippen LogP contribution is 2.25. The van der Waals surface area contributed by atoms with Crippen LogP contribution in [-0.2, 0) is 11.2 Å². The van der Waals surface area contributed by atoms with Crippen LogP contribution in [0.5, 0.6) is 5.75 Å². The van der Waals surface area contributed by atoms with Gasteiger partial charge in [0.25, 0.3) is 0 Å². The lowest BCUT2D eigenvalue weighted by Gasteiger charge is -2.19. The van der Waals surface area contributed by atoms with E-state index >= 15 is 0 Å². The van der Waals surface area contributed by atoms with Gasteiger partial charge >= 0.3 is 0 Å². The van der Waals surface area contributed by atoms with Gasteiger partial charge in [-0.2, -0.15) is 0 Å². The van der Waals surface area contributed by atoms with Gasteiger partial charge in [-0.05, 0) is 48.4 Å². The second kappa shape index (κ2) is 6.25. The minimum Gasteiger partial charge on any atom is -0.508 e. The highest BCUT2D eigenvalue weighted by Gasteiger charge is 2.03. The van der Waals surface area contributed by atoms with Gasteiger partial charge in [-0.1, -0.05) is 12.1 Å². The van der Waals surface area contributed by atoms with Crippen LogP contribution in [0.2, 0.25) is 0 Å². The molecule has 0 heterocycles. The topological polar surface area (TPSA) is 32.7 Å². The first kappa shape index (κ1) is 13.4. The van der Waals surface area contributed by atoms with E-state index in [4.69, 9.17) is 4.74 Å². The van der Waals surface area contributed by atoms with Crippen molar-refractivity contribution < 1.29 is 9.84 Å². The van der Waals surface area contributed by atoms with Crippen LogP contribution < -0.4 is 4.90 Å². The standard InChI is InChI=1S/C16H19NO2/c1-17(15-7-9-16(18)10-8-15)14-5-3-13(4-6-14)11-12-19-2/h3-10,18H,11-12H2,1-2H3. The zero-order valence-corrected chi connectivity index (χ0v) is 11.3. The Morgan fingerprint density at radius 2 is 1.47 bits per heavy atom. The molecule has 0 aliphatic heterocycles. The summed E-state index contributed by atoms with van der Waals surface area (Å²) < 4.78 is 5.07. The molecule has 0 bridgehead atoms. The number of nitrogens with zero attached hydrogens (tertiary/aromatic N) is 1. The minimum atomic E-state index is 0.284. The maximum atomic E-state index is 9.30. The van der Waals surface area contributed by atoms with Crippen LogP contribution in [-0.4, -0.2) is 25.9 Å². The summed E-state index contributed by atoms with van der Waals surface area (Å²) in [5.41, 5.74) is 3.43. The first-order valence-corrected chi connectivity index (χ1v) is 6.31. The Bertz CT molecular complexity index is 505. The van der Waals surface area contributed by atoms with Gasteiger partial charge in [-0.25, -0.2) is 0 Å². The fraction of sp³-hybridized carbons (Fsp3) is 0.250. The molecular weight excluding hydrogens is 238 g/mol.